The first kappa shape index (κ1) is 26.8. The van der Waals surface area contributed by atoms with E-state index in [-0.39, 0.29) is 6.04 Å². The molecule has 194 valence electrons. The Balaban J connectivity index is 1.55. The van der Waals surface area contributed by atoms with Crippen molar-refractivity contribution in [3.05, 3.63) is 118 Å². The fourth-order valence-electron chi connectivity index (χ4n) is 4.88. The summed E-state index contributed by atoms with van der Waals surface area (Å²) < 4.78 is 0. The summed E-state index contributed by atoms with van der Waals surface area (Å²) in [6.07, 6.45) is 15.2. The predicted molar refractivity (Wildman–Crippen MR) is 161 cm³/mol. The predicted octanol–water partition coefficient (Wildman–Crippen LogP) is 9.55. The first-order valence-electron chi connectivity index (χ1n) is 14.3. The van der Waals surface area contributed by atoms with Crippen LogP contribution in [0.4, 0.5) is 5.69 Å². The van der Waals surface area contributed by atoms with E-state index in [0.717, 1.165) is 25.0 Å². The lowest BCUT2D eigenvalue weighted by molar-refractivity contribution is 0.705. The van der Waals surface area contributed by atoms with E-state index in [1.165, 1.54) is 59.2 Å². The molecule has 0 bridgehead atoms. The Morgan fingerprint density at radius 2 is 1.35 bits per heavy atom. The maximum absolute atomic E-state index is 3.68. The van der Waals surface area contributed by atoms with E-state index in [1.54, 1.807) is 0 Å². The van der Waals surface area contributed by atoms with E-state index in [4.69, 9.17) is 0 Å². The van der Waals surface area contributed by atoms with Gasteiger partial charge in [0.2, 0.25) is 0 Å². The third kappa shape index (κ3) is 7.16. The number of anilines is 1. The maximum Gasteiger partial charge on any atom is 0.0958 e. The van der Waals surface area contributed by atoms with Crippen LogP contribution in [0.5, 0.6) is 0 Å². The third-order valence-electron chi connectivity index (χ3n) is 7.61. The summed E-state index contributed by atoms with van der Waals surface area (Å²) in [5.41, 5.74) is 12.8. The number of benzene rings is 3. The van der Waals surface area contributed by atoms with Gasteiger partial charge in [-0.1, -0.05) is 107 Å². The molecule has 37 heavy (non-hydrogen) atoms. The summed E-state index contributed by atoms with van der Waals surface area (Å²) in [5, 5.41) is 2.30. The standard InChI is InChI=1S/C35H44N2/c1-5-8-10-28-12-14-30(15-13-28)18-23-33-26-35(32-19-16-29(17-20-32)11-9-6-2)37(36-33)34-24-21-31(22-25-34)27(4)7-3/h12-27,35-36H,5-11H2,1-4H3. The van der Waals surface area contributed by atoms with Gasteiger partial charge in [0, 0.05) is 0 Å². The zero-order valence-electron chi connectivity index (χ0n) is 23.2. The fourth-order valence-corrected chi connectivity index (χ4v) is 4.88. The topological polar surface area (TPSA) is 15.3 Å². The van der Waals surface area contributed by atoms with Crippen molar-refractivity contribution in [1.82, 2.24) is 5.43 Å². The van der Waals surface area contributed by atoms with Gasteiger partial charge in [0.15, 0.2) is 0 Å². The van der Waals surface area contributed by atoms with Crippen molar-refractivity contribution >= 4 is 11.8 Å². The average Bonchev–Trinajstić information content (AvgIpc) is 3.38. The highest BCUT2D eigenvalue weighted by Gasteiger charge is 2.25. The molecule has 0 aromatic heterocycles. The van der Waals surface area contributed by atoms with Crippen molar-refractivity contribution in [1.29, 1.82) is 0 Å². The average molecular weight is 493 g/mol. The molecule has 3 aromatic carbocycles. The largest absolute Gasteiger partial charge is 0.298 e. The van der Waals surface area contributed by atoms with Crippen LogP contribution in [0.15, 0.2) is 90.6 Å². The highest BCUT2D eigenvalue weighted by atomic mass is 15.5. The number of nitrogens with one attached hydrogen (secondary N) is 1. The Bertz CT molecular complexity index is 1150. The normalized spacial score (nSPS) is 16.2. The van der Waals surface area contributed by atoms with Gasteiger partial charge in [-0.25, -0.2) is 0 Å². The molecule has 1 aliphatic rings. The first-order chi connectivity index (χ1) is 18.1. The second-order valence-electron chi connectivity index (χ2n) is 10.5. The molecule has 2 heteroatoms. The summed E-state index contributed by atoms with van der Waals surface area (Å²) >= 11 is 0. The van der Waals surface area contributed by atoms with Crippen LogP contribution in [0.25, 0.3) is 6.08 Å². The molecule has 3 aromatic rings. The monoisotopic (exact) mass is 492 g/mol. The molecule has 0 saturated carbocycles. The van der Waals surface area contributed by atoms with Gasteiger partial charge in [-0.3, -0.25) is 10.4 Å². The smallest absolute Gasteiger partial charge is 0.0958 e. The number of hydrazine groups is 1. The molecular weight excluding hydrogens is 448 g/mol. The van der Waals surface area contributed by atoms with Crippen molar-refractivity contribution < 1.29 is 0 Å². The van der Waals surface area contributed by atoms with Crippen molar-refractivity contribution in [2.75, 3.05) is 5.01 Å². The van der Waals surface area contributed by atoms with Gasteiger partial charge in [-0.15, -0.1) is 0 Å². The molecular formula is C35H44N2. The number of rotatable bonds is 12. The van der Waals surface area contributed by atoms with Crippen LogP contribution in [0.3, 0.4) is 0 Å². The molecule has 2 atom stereocenters. The van der Waals surface area contributed by atoms with Gasteiger partial charge in [-0.2, -0.15) is 0 Å². The van der Waals surface area contributed by atoms with Crippen LogP contribution in [0, 0.1) is 0 Å². The molecule has 1 N–H and O–H groups in total. The highest BCUT2D eigenvalue weighted by Crippen LogP contribution is 2.34. The Hall–Kier alpha value is -3.26. The molecule has 1 aliphatic heterocycles. The molecule has 0 fully saturated rings. The molecule has 0 saturated heterocycles. The highest BCUT2D eigenvalue weighted by molar-refractivity contribution is 5.58. The van der Waals surface area contributed by atoms with E-state index in [2.05, 4.69) is 129 Å². The molecule has 0 radical (unpaired) electrons. The van der Waals surface area contributed by atoms with Crippen molar-refractivity contribution in [2.24, 2.45) is 0 Å². The number of hydrogen-bond acceptors (Lipinski definition) is 2. The van der Waals surface area contributed by atoms with Gasteiger partial charge in [0.05, 0.1) is 17.4 Å². The number of nitrogens with zero attached hydrogens (tertiary/aromatic N) is 1. The van der Waals surface area contributed by atoms with Crippen LogP contribution in [0.2, 0.25) is 0 Å². The fraction of sp³-hybridized carbons (Fsp3) is 0.371. The van der Waals surface area contributed by atoms with E-state index in [9.17, 15) is 0 Å². The Morgan fingerprint density at radius 1 is 0.757 bits per heavy atom. The molecule has 2 unspecified atom stereocenters. The minimum absolute atomic E-state index is 0.144. The summed E-state index contributed by atoms with van der Waals surface area (Å²) in [6, 6.07) is 27.4. The number of unbranched alkanes of at least 4 members (excludes halogenated alkanes) is 2. The molecule has 4 rings (SSSR count). The SMILES string of the molecule is CCCCc1ccc(C=CC2=CC(c3ccc(CCCC)cc3)N(c3ccc(C(C)CC)cc3)N2)cc1. The second kappa shape index (κ2) is 13.3. The first-order valence-corrected chi connectivity index (χ1v) is 14.3. The van der Waals surface area contributed by atoms with E-state index >= 15 is 0 Å². The zero-order chi connectivity index (χ0) is 26.0. The molecule has 0 aliphatic carbocycles. The second-order valence-corrected chi connectivity index (χ2v) is 10.5. The molecule has 1 heterocycles. The number of allylic oxidation sites excluding steroid dienone is 1. The van der Waals surface area contributed by atoms with E-state index in [1.807, 2.05) is 0 Å². The van der Waals surface area contributed by atoms with Gasteiger partial charge >= 0.3 is 0 Å². The molecule has 0 spiro atoms. The van der Waals surface area contributed by atoms with Gasteiger partial charge < -0.3 is 0 Å². The van der Waals surface area contributed by atoms with Crippen LogP contribution >= 0.6 is 0 Å². The summed E-state index contributed by atoms with van der Waals surface area (Å²) in [7, 11) is 0. The van der Waals surface area contributed by atoms with Crippen LogP contribution in [-0.2, 0) is 12.8 Å². The Morgan fingerprint density at radius 3 is 1.92 bits per heavy atom. The van der Waals surface area contributed by atoms with Crippen LogP contribution < -0.4 is 10.4 Å². The van der Waals surface area contributed by atoms with E-state index < -0.39 is 0 Å². The minimum Gasteiger partial charge on any atom is -0.298 e. The van der Waals surface area contributed by atoms with Gasteiger partial charge in [-0.05, 0) is 90.1 Å². The van der Waals surface area contributed by atoms with Crippen molar-refractivity contribution in [3.8, 4) is 0 Å². The van der Waals surface area contributed by atoms with Crippen LogP contribution in [-0.4, -0.2) is 0 Å². The quantitative estimate of drug-likeness (QED) is 0.271. The van der Waals surface area contributed by atoms with Gasteiger partial charge in [0.25, 0.3) is 0 Å². The lowest BCUT2D eigenvalue weighted by Gasteiger charge is -2.28. The summed E-state index contributed by atoms with van der Waals surface area (Å²) in [5.74, 6) is 0.581. The molecule has 0 amide bonds. The van der Waals surface area contributed by atoms with Crippen LogP contribution in [0.1, 0.15) is 99.6 Å². The van der Waals surface area contributed by atoms with Gasteiger partial charge in [0.1, 0.15) is 0 Å². The summed E-state index contributed by atoms with van der Waals surface area (Å²) in [4.78, 5) is 0. The number of hydrogen-bond donors (Lipinski definition) is 1. The third-order valence-corrected chi connectivity index (χ3v) is 7.61. The van der Waals surface area contributed by atoms with Crippen molar-refractivity contribution in [2.45, 2.75) is 84.6 Å². The Kier molecular flexibility index (Phi) is 9.65. The number of aryl methyl sites for hydroxylation is 2. The lowest BCUT2D eigenvalue weighted by Crippen LogP contribution is -2.34. The lowest BCUT2D eigenvalue weighted by atomic mass is 9.98. The molecule has 2 nitrogen and oxygen atoms in total. The van der Waals surface area contributed by atoms with Crippen molar-refractivity contribution in [3.63, 3.8) is 0 Å². The summed E-state index contributed by atoms with van der Waals surface area (Å²) in [6.45, 7) is 9.05. The van der Waals surface area contributed by atoms with E-state index in [0.29, 0.717) is 5.92 Å². The minimum atomic E-state index is 0.144. The Labute approximate surface area is 225 Å². The zero-order valence-corrected chi connectivity index (χ0v) is 23.2. The maximum atomic E-state index is 3.68.